The van der Waals surface area contributed by atoms with Crippen molar-refractivity contribution in [2.45, 2.75) is 0 Å². The molecule has 4 nitrogen and oxygen atoms in total. The monoisotopic (exact) mass is 336 g/mol. The summed E-state index contributed by atoms with van der Waals surface area (Å²) in [6, 6.07) is 23.8. The average molecular weight is 336 g/mol. The maximum absolute atomic E-state index is 9.02. The molecule has 4 rings (SSSR count). The molecule has 0 saturated heterocycles. The van der Waals surface area contributed by atoms with Crippen LogP contribution < -0.4 is 0 Å². The predicted molar refractivity (Wildman–Crippen MR) is 102 cm³/mol. The summed E-state index contributed by atoms with van der Waals surface area (Å²) in [4.78, 5) is 9.07. The number of aromatic nitrogens is 3. The molecule has 0 amide bonds. The third kappa shape index (κ3) is 2.76. The molecule has 4 heteroatoms. The van der Waals surface area contributed by atoms with Gasteiger partial charge in [-0.15, -0.1) is 0 Å². The normalized spacial score (nSPS) is 10.5. The minimum absolute atomic E-state index is 0.639. The Kier molecular flexibility index (Phi) is 4.04. The largest absolute Gasteiger partial charge is 0.327 e. The third-order valence-corrected chi connectivity index (χ3v) is 4.37. The Morgan fingerprint density at radius 1 is 0.808 bits per heavy atom. The SMILES string of the molecule is Cn1c(-c2ccc(C#N)cc2)nc(-c2ccccc2)c1-c1ccncc1. The molecular weight excluding hydrogens is 320 g/mol. The molecule has 2 aromatic carbocycles. The third-order valence-electron chi connectivity index (χ3n) is 4.37. The molecule has 26 heavy (non-hydrogen) atoms. The molecule has 4 aromatic rings. The molecule has 0 atom stereocenters. The highest BCUT2D eigenvalue weighted by Gasteiger charge is 2.18. The Bertz CT molecular complexity index is 1070. The van der Waals surface area contributed by atoms with Gasteiger partial charge in [0.2, 0.25) is 0 Å². The molecule has 0 saturated carbocycles. The van der Waals surface area contributed by atoms with Gasteiger partial charge in [-0.2, -0.15) is 5.26 Å². The zero-order chi connectivity index (χ0) is 17.9. The molecule has 0 aliphatic carbocycles. The van der Waals surface area contributed by atoms with Crippen LogP contribution in [0.3, 0.4) is 0 Å². The van der Waals surface area contributed by atoms with Crippen LogP contribution in [0.2, 0.25) is 0 Å². The van der Waals surface area contributed by atoms with E-state index in [1.807, 2.05) is 61.6 Å². The van der Waals surface area contributed by atoms with Gasteiger partial charge in [-0.25, -0.2) is 4.98 Å². The van der Waals surface area contributed by atoms with E-state index in [1.54, 1.807) is 12.4 Å². The highest BCUT2D eigenvalue weighted by molar-refractivity contribution is 5.82. The first kappa shape index (κ1) is 15.8. The molecule has 0 N–H and O–H groups in total. The van der Waals surface area contributed by atoms with Gasteiger partial charge in [-0.05, 0) is 36.4 Å². The zero-order valence-corrected chi connectivity index (χ0v) is 14.3. The molecule has 0 aliphatic heterocycles. The van der Waals surface area contributed by atoms with Crippen molar-refractivity contribution >= 4 is 0 Å². The number of benzene rings is 2. The minimum atomic E-state index is 0.639. The Hall–Kier alpha value is -3.71. The van der Waals surface area contributed by atoms with Crippen molar-refractivity contribution in [1.82, 2.24) is 14.5 Å². The van der Waals surface area contributed by atoms with E-state index in [2.05, 4.69) is 27.8 Å². The van der Waals surface area contributed by atoms with E-state index >= 15 is 0 Å². The maximum atomic E-state index is 9.02. The number of nitrogens with zero attached hydrogens (tertiary/aromatic N) is 4. The van der Waals surface area contributed by atoms with Gasteiger partial charge in [0.1, 0.15) is 5.82 Å². The lowest BCUT2D eigenvalue weighted by atomic mass is 10.1. The second-order valence-corrected chi connectivity index (χ2v) is 5.98. The number of nitriles is 1. The molecule has 0 fully saturated rings. The van der Waals surface area contributed by atoms with Crippen molar-refractivity contribution in [2.75, 3.05) is 0 Å². The highest BCUT2D eigenvalue weighted by Crippen LogP contribution is 2.35. The Morgan fingerprint density at radius 3 is 2.15 bits per heavy atom. The smallest absolute Gasteiger partial charge is 0.140 e. The van der Waals surface area contributed by atoms with E-state index in [1.165, 1.54) is 0 Å². The maximum Gasteiger partial charge on any atom is 0.140 e. The second kappa shape index (κ2) is 6.66. The fourth-order valence-electron chi connectivity index (χ4n) is 3.09. The van der Waals surface area contributed by atoms with Crippen LogP contribution in [0.4, 0.5) is 0 Å². The average Bonchev–Trinajstić information content (AvgIpc) is 3.06. The van der Waals surface area contributed by atoms with E-state index in [9.17, 15) is 0 Å². The topological polar surface area (TPSA) is 54.5 Å². The minimum Gasteiger partial charge on any atom is -0.327 e. The molecule has 0 radical (unpaired) electrons. The van der Waals surface area contributed by atoms with Crippen LogP contribution >= 0.6 is 0 Å². The molecule has 2 heterocycles. The molecule has 0 spiro atoms. The zero-order valence-electron chi connectivity index (χ0n) is 14.3. The van der Waals surface area contributed by atoms with Crippen molar-refractivity contribution in [3.63, 3.8) is 0 Å². The van der Waals surface area contributed by atoms with E-state index < -0.39 is 0 Å². The molecular formula is C22H16N4. The molecule has 0 bridgehead atoms. The number of hydrogen-bond acceptors (Lipinski definition) is 3. The highest BCUT2D eigenvalue weighted by atomic mass is 15.1. The lowest BCUT2D eigenvalue weighted by Gasteiger charge is -2.08. The fraction of sp³-hybridized carbons (Fsp3) is 0.0455. The number of hydrogen-bond donors (Lipinski definition) is 0. The summed E-state index contributed by atoms with van der Waals surface area (Å²) in [6.07, 6.45) is 3.58. The standard InChI is InChI=1S/C22H16N4/c1-26-21(18-11-13-24-14-12-18)20(17-5-3-2-4-6-17)25-22(26)19-9-7-16(15-23)8-10-19/h2-14H,1H3. The van der Waals surface area contributed by atoms with Crippen LogP contribution in [0, 0.1) is 11.3 Å². The van der Waals surface area contributed by atoms with Gasteiger partial charge in [0.25, 0.3) is 0 Å². The van der Waals surface area contributed by atoms with Gasteiger partial charge in [0, 0.05) is 36.1 Å². The quantitative estimate of drug-likeness (QED) is 0.545. The van der Waals surface area contributed by atoms with Gasteiger partial charge >= 0.3 is 0 Å². The Balaban J connectivity index is 1.95. The van der Waals surface area contributed by atoms with Crippen LogP contribution in [-0.4, -0.2) is 14.5 Å². The van der Waals surface area contributed by atoms with E-state index in [4.69, 9.17) is 10.2 Å². The van der Waals surface area contributed by atoms with E-state index in [0.717, 1.165) is 33.9 Å². The first-order valence-electron chi connectivity index (χ1n) is 8.31. The van der Waals surface area contributed by atoms with Gasteiger partial charge in [0.15, 0.2) is 0 Å². The summed E-state index contributed by atoms with van der Waals surface area (Å²) < 4.78 is 2.10. The summed E-state index contributed by atoms with van der Waals surface area (Å²) >= 11 is 0. The van der Waals surface area contributed by atoms with Crippen molar-refractivity contribution in [3.05, 3.63) is 84.7 Å². The van der Waals surface area contributed by atoms with Crippen molar-refractivity contribution < 1.29 is 0 Å². The second-order valence-electron chi connectivity index (χ2n) is 5.98. The predicted octanol–water partition coefficient (Wildman–Crippen LogP) is 4.69. The molecule has 0 aliphatic rings. The van der Waals surface area contributed by atoms with Crippen LogP contribution in [0.1, 0.15) is 5.56 Å². The van der Waals surface area contributed by atoms with Gasteiger partial charge in [-0.1, -0.05) is 30.3 Å². The number of pyridine rings is 1. The van der Waals surface area contributed by atoms with Crippen LogP contribution in [0.5, 0.6) is 0 Å². The summed E-state index contributed by atoms with van der Waals surface area (Å²) in [5.41, 5.74) is 5.71. The summed E-state index contributed by atoms with van der Waals surface area (Å²) in [5.74, 6) is 0.861. The van der Waals surface area contributed by atoms with Gasteiger partial charge < -0.3 is 4.57 Å². The van der Waals surface area contributed by atoms with Crippen molar-refractivity contribution in [1.29, 1.82) is 5.26 Å². The first-order valence-corrected chi connectivity index (χ1v) is 8.31. The molecule has 2 aromatic heterocycles. The summed E-state index contributed by atoms with van der Waals surface area (Å²) in [6.45, 7) is 0. The van der Waals surface area contributed by atoms with E-state index in [0.29, 0.717) is 5.56 Å². The number of rotatable bonds is 3. The Morgan fingerprint density at radius 2 is 1.50 bits per heavy atom. The van der Waals surface area contributed by atoms with Gasteiger partial charge in [0.05, 0.1) is 23.0 Å². The van der Waals surface area contributed by atoms with Crippen LogP contribution in [-0.2, 0) is 7.05 Å². The molecule has 0 unspecified atom stereocenters. The Labute approximate surface area is 152 Å². The lowest BCUT2D eigenvalue weighted by Crippen LogP contribution is -1.96. The lowest BCUT2D eigenvalue weighted by molar-refractivity contribution is 0.932. The van der Waals surface area contributed by atoms with Crippen LogP contribution in [0.15, 0.2) is 79.1 Å². The van der Waals surface area contributed by atoms with Crippen molar-refractivity contribution in [3.8, 4) is 40.0 Å². The van der Waals surface area contributed by atoms with Gasteiger partial charge in [-0.3, -0.25) is 4.98 Å². The van der Waals surface area contributed by atoms with Crippen LogP contribution in [0.25, 0.3) is 33.9 Å². The molecule has 124 valence electrons. The van der Waals surface area contributed by atoms with Crippen molar-refractivity contribution in [2.24, 2.45) is 7.05 Å². The number of imidazole rings is 1. The summed E-state index contributed by atoms with van der Waals surface area (Å²) in [5, 5.41) is 9.02. The first-order chi connectivity index (χ1) is 12.8. The summed E-state index contributed by atoms with van der Waals surface area (Å²) in [7, 11) is 2.02. The van der Waals surface area contributed by atoms with E-state index in [-0.39, 0.29) is 0 Å². The fourth-order valence-corrected chi connectivity index (χ4v) is 3.09.